The zero-order valence-corrected chi connectivity index (χ0v) is 13.2. The van der Waals surface area contributed by atoms with E-state index in [0.717, 1.165) is 23.3 Å². The second kappa shape index (κ2) is 4.54. The zero-order chi connectivity index (χ0) is 16.4. The van der Waals surface area contributed by atoms with Crippen LogP contribution in [0, 0.1) is 0 Å². The van der Waals surface area contributed by atoms with E-state index in [1.807, 2.05) is 24.3 Å². The van der Waals surface area contributed by atoms with Gasteiger partial charge >= 0.3 is 0 Å². The lowest BCUT2D eigenvalue weighted by atomic mass is 10.0. The van der Waals surface area contributed by atoms with Crippen molar-refractivity contribution in [3.05, 3.63) is 56.7 Å². The third kappa shape index (κ3) is 1.61. The molecule has 0 amide bonds. The van der Waals surface area contributed by atoms with Gasteiger partial charge in [-0.2, -0.15) is 0 Å². The number of aromatic nitrogens is 2. The molecule has 0 saturated heterocycles. The number of nitrogens with one attached hydrogen (secondary N) is 1. The largest absolute Gasteiger partial charge is 0.508 e. The maximum absolute atomic E-state index is 12.9. The first-order valence-electron chi connectivity index (χ1n) is 8.08. The molecule has 2 aromatic heterocycles. The lowest BCUT2D eigenvalue weighted by molar-refractivity contribution is 0.210. The molecule has 0 bridgehead atoms. The van der Waals surface area contributed by atoms with Crippen molar-refractivity contribution < 1.29 is 9.84 Å². The van der Waals surface area contributed by atoms with Gasteiger partial charge in [-0.1, -0.05) is 18.2 Å². The van der Waals surface area contributed by atoms with Crippen LogP contribution in [-0.4, -0.2) is 20.8 Å². The van der Waals surface area contributed by atoms with Crippen LogP contribution < -0.4 is 16.0 Å². The molecule has 0 spiro atoms. The topological polar surface area (TPSA) is 67.2 Å². The van der Waals surface area contributed by atoms with Crippen LogP contribution in [0.15, 0.2) is 35.1 Å². The highest BCUT2D eigenvalue weighted by Gasteiger charge is 2.24. The smallest absolute Gasteiger partial charge is 0.262 e. The van der Waals surface area contributed by atoms with Crippen LogP contribution in [0.25, 0.3) is 34.3 Å². The first-order valence-corrected chi connectivity index (χ1v) is 8.08. The van der Waals surface area contributed by atoms with E-state index in [9.17, 15) is 9.90 Å². The third-order valence-corrected chi connectivity index (χ3v) is 5.03. The molecule has 5 nitrogen and oxygen atoms in total. The Morgan fingerprint density at radius 2 is 2.17 bits per heavy atom. The SMILES string of the molecule is CC1OC=c2cc3n(c(=O)c2=C1O)CCc1c-3[nH]c2ccccc12. The summed E-state index contributed by atoms with van der Waals surface area (Å²) in [6, 6.07) is 10.1. The van der Waals surface area contributed by atoms with Gasteiger partial charge in [-0.15, -0.1) is 0 Å². The van der Waals surface area contributed by atoms with Gasteiger partial charge in [-0.05, 0) is 31.0 Å². The normalized spacial score (nSPS) is 18.4. The molecule has 24 heavy (non-hydrogen) atoms. The van der Waals surface area contributed by atoms with Gasteiger partial charge in [0.2, 0.25) is 0 Å². The lowest BCUT2D eigenvalue weighted by Crippen LogP contribution is -2.50. The number of ether oxygens (including phenoxy) is 1. The second-order valence-corrected chi connectivity index (χ2v) is 6.37. The van der Waals surface area contributed by atoms with E-state index >= 15 is 0 Å². The molecule has 2 aliphatic rings. The Bertz CT molecular complexity index is 1180. The van der Waals surface area contributed by atoms with Crippen molar-refractivity contribution in [2.45, 2.75) is 26.0 Å². The number of para-hydroxylation sites is 1. The van der Waals surface area contributed by atoms with Crippen LogP contribution >= 0.6 is 0 Å². The molecule has 3 aromatic rings. The molecule has 2 aliphatic heterocycles. The molecule has 0 radical (unpaired) electrons. The van der Waals surface area contributed by atoms with Gasteiger partial charge < -0.3 is 19.4 Å². The molecule has 5 rings (SSSR count). The van der Waals surface area contributed by atoms with Crippen molar-refractivity contribution >= 4 is 22.9 Å². The summed E-state index contributed by atoms with van der Waals surface area (Å²) in [5.74, 6) is 0.00948. The second-order valence-electron chi connectivity index (χ2n) is 6.37. The molecule has 0 saturated carbocycles. The van der Waals surface area contributed by atoms with Crippen LogP contribution in [0.5, 0.6) is 0 Å². The highest BCUT2D eigenvalue weighted by molar-refractivity contribution is 5.90. The van der Waals surface area contributed by atoms with Crippen LogP contribution in [0.3, 0.4) is 0 Å². The van der Waals surface area contributed by atoms with E-state index in [1.165, 1.54) is 10.9 Å². The number of fused-ring (bicyclic) bond motifs is 6. The number of pyridine rings is 1. The summed E-state index contributed by atoms with van der Waals surface area (Å²) in [7, 11) is 0. The van der Waals surface area contributed by atoms with Crippen molar-refractivity contribution in [1.82, 2.24) is 9.55 Å². The Hall–Kier alpha value is -2.95. The Kier molecular flexibility index (Phi) is 2.55. The molecule has 2 N–H and O–H groups in total. The monoisotopic (exact) mass is 320 g/mol. The van der Waals surface area contributed by atoms with Crippen LogP contribution in [0.1, 0.15) is 12.5 Å². The molecule has 4 heterocycles. The molecule has 1 unspecified atom stereocenters. The molecule has 1 aromatic carbocycles. The Morgan fingerprint density at radius 1 is 1.33 bits per heavy atom. The first-order chi connectivity index (χ1) is 11.6. The molecule has 5 heteroatoms. The van der Waals surface area contributed by atoms with Crippen molar-refractivity contribution in [2.24, 2.45) is 0 Å². The number of hydrogen-bond donors (Lipinski definition) is 2. The molecule has 120 valence electrons. The number of aromatic amines is 1. The van der Waals surface area contributed by atoms with E-state index in [-0.39, 0.29) is 11.3 Å². The fourth-order valence-electron chi connectivity index (χ4n) is 3.79. The van der Waals surface area contributed by atoms with Gasteiger partial charge in [0.15, 0.2) is 6.10 Å². The minimum atomic E-state index is -0.490. The van der Waals surface area contributed by atoms with Crippen LogP contribution in [0.2, 0.25) is 0 Å². The molecule has 1 atom stereocenters. The van der Waals surface area contributed by atoms with E-state index in [0.29, 0.717) is 17.0 Å². The van der Waals surface area contributed by atoms with Crippen LogP contribution in [0.4, 0.5) is 0 Å². The van der Waals surface area contributed by atoms with E-state index < -0.39 is 6.10 Å². The summed E-state index contributed by atoms with van der Waals surface area (Å²) in [5, 5.41) is 12.5. The van der Waals surface area contributed by atoms with Crippen molar-refractivity contribution in [3.63, 3.8) is 0 Å². The molecule has 0 aliphatic carbocycles. The molecule has 0 fully saturated rings. The summed E-state index contributed by atoms with van der Waals surface area (Å²) < 4.78 is 7.19. The first kappa shape index (κ1) is 13.5. The Balaban J connectivity index is 1.91. The predicted octanol–water partition coefficient (Wildman–Crippen LogP) is 1.38. The molecular weight excluding hydrogens is 304 g/mol. The van der Waals surface area contributed by atoms with E-state index in [2.05, 4.69) is 11.1 Å². The van der Waals surface area contributed by atoms with E-state index in [1.54, 1.807) is 17.8 Å². The Labute approximate surface area is 137 Å². The van der Waals surface area contributed by atoms with Crippen molar-refractivity contribution in [1.29, 1.82) is 0 Å². The fourth-order valence-corrected chi connectivity index (χ4v) is 3.79. The standard InChI is InChI=1S/C19H16N2O3/c1-10-18(22)16-11(9-24-10)8-15-17-13(6-7-21(15)19(16)23)12-4-2-3-5-14(12)20-17/h2-5,8-10,20,22H,6-7H2,1H3. The zero-order valence-electron chi connectivity index (χ0n) is 13.2. The molecular formula is C19H16N2O3. The number of benzene rings is 1. The van der Waals surface area contributed by atoms with Gasteiger partial charge in [-0.3, -0.25) is 4.79 Å². The summed E-state index contributed by atoms with van der Waals surface area (Å²) in [4.78, 5) is 16.4. The van der Waals surface area contributed by atoms with Crippen molar-refractivity contribution in [2.75, 3.05) is 0 Å². The van der Waals surface area contributed by atoms with E-state index in [4.69, 9.17) is 4.74 Å². The van der Waals surface area contributed by atoms with Gasteiger partial charge in [0.1, 0.15) is 5.76 Å². The maximum atomic E-state index is 12.9. The van der Waals surface area contributed by atoms with Gasteiger partial charge in [-0.25, -0.2) is 0 Å². The number of aliphatic hydroxyl groups is 1. The summed E-state index contributed by atoms with van der Waals surface area (Å²) in [5.41, 5.74) is 3.98. The lowest BCUT2D eigenvalue weighted by Gasteiger charge is -2.21. The number of aliphatic hydroxyl groups excluding tert-OH is 1. The Morgan fingerprint density at radius 3 is 3.04 bits per heavy atom. The average Bonchev–Trinajstić information content (AvgIpc) is 2.97. The number of H-pyrrole nitrogens is 1. The quantitative estimate of drug-likeness (QED) is 0.657. The summed E-state index contributed by atoms with van der Waals surface area (Å²) >= 11 is 0. The number of hydrogen-bond acceptors (Lipinski definition) is 3. The minimum absolute atomic E-state index is 0.00948. The van der Waals surface area contributed by atoms with Gasteiger partial charge in [0, 0.05) is 22.7 Å². The number of aryl methyl sites for hydroxylation is 1. The third-order valence-electron chi connectivity index (χ3n) is 5.03. The van der Waals surface area contributed by atoms with Crippen LogP contribution in [-0.2, 0) is 17.7 Å². The fraction of sp³-hybridized carbons (Fsp3) is 0.211. The number of nitrogens with zero attached hydrogens (tertiary/aromatic N) is 1. The number of rotatable bonds is 0. The van der Waals surface area contributed by atoms with Crippen molar-refractivity contribution in [3.8, 4) is 11.4 Å². The average molecular weight is 320 g/mol. The van der Waals surface area contributed by atoms with Gasteiger partial charge in [0.25, 0.3) is 5.56 Å². The summed E-state index contributed by atoms with van der Waals surface area (Å²) in [6.07, 6.45) is 1.87. The highest BCUT2D eigenvalue weighted by atomic mass is 16.5. The minimum Gasteiger partial charge on any atom is -0.508 e. The predicted molar refractivity (Wildman–Crippen MR) is 92.0 cm³/mol. The highest BCUT2D eigenvalue weighted by Crippen LogP contribution is 2.32. The summed E-state index contributed by atoms with van der Waals surface area (Å²) in [6.45, 7) is 2.34. The maximum Gasteiger partial charge on any atom is 0.262 e. The van der Waals surface area contributed by atoms with Gasteiger partial charge in [0.05, 0.1) is 22.9 Å².